The van der Waals surface area contributed by atoms with Crippen LogP contribution in [-0.4, -0.2) is 24.2 Å². The van der Waals surface area contributed by atoms with E-state index in [4.69, 9.17) is 15.2 Å². The average Bonchev–Trinajstić information content (AvgIpc) is 2.44. The summed E-state index contributed by atoms with van der Waals surface area (Å²) in [7, 11) is 0. The van der Waals surface area contributed by atoms with Crippen LogP contribution in [0.3, 0.4) is 0 Å². The fourth-order valence-electron chi connectivity index (χ4n) is 1.83. The summed E-state index contributed by atoms with van der Waals surface area (Å²) in [4.78, 5) is 15.7. The van der Waals surface area contributed by atoms with Crippen molar-refractivity contribution in [2.24, 2.45) is 0 Å². The minimum Gasteiger partial charge on any atom is -0.476 e. The largest absolute Gasteiger partial charge is 0.476 e. The Balaban J connectivity index is 2.50. The van der Waals surface area contributed by atoms with Gasteiger partial charge in [0.15, 0.2) is 0 Å². The van der Waals surface area contributed by atoms with E-state index >= 15 is 0 Å². The molecule has 0 spiro atoms. The normalized spacial score (nSPS) is 10.3. The van der Waals surface area contributed by atoms with Crippen molar-refractivity contribution in [2.75, 3.05) is 18.9 Å². The third-order valence-electron chi connectivity index (χ3n) is 2.94. The lowest BCUT2D eigenvalue weighted by molar-refractivity contribution is 0.0527. The highest BCUT2D eigenvalue weighted by Gasteiger charge is 2.15. The van der Waals surface area contributed by atoms with E-state index < -0.39 is 5.97 Å². The Kier molecular flexibility index (Phi) is 7.47. The van der Waals surface area contributed by atoms with Crippen molar-refractivity contribution in [1.82, 2.24) is 4.98 Å². The Morgan fingerprint density at radius 1 is 1.25 bits per heavy atom. The molecular weight excluding hydrogens is 256 g/mol. The molecule has 0 saturated carbocycles. The van der Waals surface area contributed by atoms with Gasteiger partial charge in [0.25, 0.3) is 0 Å². The lowest BCUT2D eigenvalue weighted by atomic mass is 10.2. The second kappa shape index (κ2) is 9.18. The number of unbranched alkanes of at least 4 members (excludes halogenated alkanes) is 4. The number of hydrogen-bond donors (Lipinski definition) is 1. The fraction of sp³-hybridized carbons (Fsp3) is 0.600. The first kappa shape index (κ1) is 16.3. The van der Waals surface area contributed by atoms with Crippen LogP contribution in [0, 0.1) is 0 Å². The highest BCUT2D eigenvalue weighted by atomic mass is 16.5. The van der Waals surface area contributed by atoms with Gasteiger partial charge >= 0.3 is 5.97 Å². The standard InChI is InChI=1S/C15H24N2O3/c1-3-5-6-7-8-11-20-14-13(16)12(9-10-17-14)15(18)19-4-2/h9-10H,3-8,11,16H2,1-2H3. The van der Waals surface area contributed by atoms with Crippen LogP contribution in [0.15, 0.2) is 12.3 Å². The van der Waals surface area contributed by atoms with Crippen LogP contribution in [0.5, 0.6) is 5.88 Å². The van der Waals surface area contributed by atoms with Crippen molar-refractivity contribution < 1.29 is 14.3 Å². The van der Waals surface area contributed by atoms with Gasteiger partial charge in [0.2, 0.25) is 5.88 Å². The summed E-state index contributed by atoms with van der Waals surface area (Å²) < 4.78 is 10.5. The molecule has 0 aliphatic rings. The summed E-state index contributed by atoms with van der Waals surface area (Å²) in [5.74, 6) is -0.133. The van der Waals surface area contributed by atoms with Crippen molar-refractivity contribution in [3.8, 4) is 5.88 Å². The molecule has 0 fully saturated rings. The van der Waals surface area contributed by atoms with Crippen molar-refractivity contribution in [3.05, 3.63) is 17.8 Å². The molecule has 0 saturated heterocycles. The molecule has 0 amide bonds. The number of nitrogens with two attached hydrogens (primary N) is 1. The molecule has 0 radical (unpaired) electrons. The van der Waals surface area contributed by atoms with Gasteiger partial charge in [-0.3, -0.25) is 0 Å². The number of nitrogens with zero attached hydrogens (tertiary/aromatic N) is 1. The summed E-state index contributed by atoms with van der Waals surface area (Å²) in [6.07, 6.45) is 7.28. The monoisotopic (exact) mass is 280 g/mol. The number of carbonyl (C=O) groups excluding carboxylic acids is 1. The predicted octanol–water partition coefficient (Wildman–Crippen LogP) is 3.19. The van der Waals surface area contributed by atoms with Gasteiger partial charge in [-0.1, -0.05) is 32.6 Å². The number of aromatic nitrogens is 1. The molecule has 0 aliphatic heterocycles. The Morgan fingerprint density at radius 2 is 2.00 bits per heavy atom. The number of ether oxygens (including phenoxy) is 2. The van der Waals surface area contributed by atoms with E-state index in [2.05, 4.69) is 11.9 Å². The molecule has 2 N–H and O–H groups in total. The lowest BCUT2D eigenvalue weighted by Gasteiger charge is -2.10. The van der Waals surface area contributed by atoms with E-state index in [0.717, 1.165) is 12.8 Å². The van der Waals surface area contributed by atoms with Gasteiger partial charge in [-0.05, 0) is 19.4 Å². The van der Waals surface area contributed by atoms with Gasteiger partial charge in [-0.2, -0.15) is 0 Å². The van der Waals surface area contributed by atoms with Crippen LogP contribution in [0.2, 0.25) is 0 Å². The first-order valence-corrected chi connectivity index (χ1v) is 7.25. The van der Waals surface area contributed by atoms with E-state index in [1.54, 1.807) is 13.0 Å². The van der Waals surface area contributed by atoms with Gasteiger partial charge in [0, 0.05) is 6.20 Å². The first-order chi connectivity index (χ1) is 9.70. The molecular formula is C15H24N2O3. The second-order valence-corrected chi connectivity index (χ2v) is 4.56. The van der Waals surface area contributed by atoms with Gasteiger partial charge in [-0.15, -0.1) is 0 Å². The van der Waals surface area contributed by atoms with Crippen molar-refractivity contribution in [2.45, 2.75) is 46.0 Å². The van der Waals surface area contributed by atoms with Crippen LogP contribution in [0.1, 0.15) is 56.3 Å². The number of carbonyl (C=O) groups is 1. The van der Waals surface area contributed by atoms with Crippen LogP contribution in [0.4, 0.5) is 5.69 Å². The summed E-state index contributed by atoms with van der Waals surface area (Å²) in [5, 5.41) is 0. The maximum atomic E-state index is 11.7. The quantitative estimate of drug-likeness (QED) is 0.555. The number of esters is 1. The number of anilines is 1. The van der Waals surface area contributed by atoms with E-state index in [9.17, 15) is 4.79 Å². The summed E-state index contributed by atoms with van der Waals surface area (Å²) in [6, 6.07) is 1.54. The topological polar surface area (TPSA) is 74.4 Å². The van der Waals surface area contributed by atoms with E-state index in [-0.39, 0.29) is 5.69 Å². The second-order valence-electron chi connectivity index (χ2n) is 4.56. The molecule has 1 heterocycles. The number of pyridine rings is 1. The molecule has 1 rings (SSSR count). The Hall–Kier alpha value is -1.78. The molecule has 1 aromatic heterocycles. The summed E-state index contributed by atoms with van der Waals surface area (Å²) >= 11 is 0. The van der Waals surface area contributed by atoms with Gasteiger partial charge in [-0.25, -0.2) is 9.78 Å². The fourth-order valence-corrected chi connectivity index (χ4v) is 1.83. The molecule has 0 aliphatic carbocycles. The maximum Gasteiger partial charge on any atom is 0.340 e. The van der Waals surface area contributed by atoms with Gasteiger partial charge < -0.3 is 15.2 Å². The molecule has 0 atom stereocenters. The number of rotatable bonds is 9. The molecule has 5 nitrogen and oxygen atoms in total. The van der Waals surface area contributed by atoms with Crippen molar-refractivity contribution in [1.29, 1.82) is 0 Å². The van der Waals surface area contributed by atoms with Crippen molar-refractivity contribution in [3.63, 3.8) is 0 Å². The zero-order valence-electron chi connectivity index (χ0n) is 12.4. The Morgan fingerprint density at radius 3 is 2.70 bits per heavy atom. The zero-order chi connectivity index (χ0) is 14.8. The minimum absolute atomic E-state index is 0.250. The highest BCUT2D eigenvalue weighted by molar-refractivity contribution is 5.96. The third-order valence-corrected chi connectivity index (χ3v) is 2.94. The van der Waals surface area contributed by atoms with Crippen LogP contribution in [0.25, 0.3) is 0 Å². The molecule has 0 unspecified atom stereocenters. The van der Waals surface area contributed by atoms with Crippen molar-refractivity contribution >= 4 is 11.7 Å². The Bertz CT molecular complexity index is 422. The average molecular weight is 280 g/mol. The molecule has 0 bridgehead atoms. The van der Waals surface area contributed by atoms with Crippen LogP contribution < -0.4 is 10.5 Å². The van der Waals surface area contributed by atoms with Crippen LogP contribution >= 0.6 is 0 Å². The summed E-state index contributed by atoms with van der Waals surface area (Å²) in [5.41, 5.74) is 6.45. The Labute approximate surface area is 120 Å². The SMILES string of the molecule is CCCCCCCOc1nccc(C(=O)OCC)c1N. The molecule has 0 aromatic carbocycles. The lowest BCUT2D eigenvalue weighted by Crippen LogP contribution is -2.10. The third kappa shape index (κ3) is 5.07. The van der Waals surface area contributed by atoms with Gasteiger partial charge in [0.05, 0.1) is 18.8 Å². The van der Waals surface area contributed by atoms with Crippen LogP contribution in [-0.2, 0) is 4.74 Å². The summed E-state index contributed by atoms with van der Waals surface area (Å²) in [6.45, 7) is 4.81. The highest BCUT2D eigenvalue weighted by Crippen LogP contribution is 2.23. The molecule has 20 heavy (non-hydrogen) atoms. The zero-order valence-corrected chi connectivity index (χ0v) is 12.4. The first-order valence-electron chi connectivity index (χ1n) is 7.25. The smallest absolute Gasteiger partial charge is 0.340 e. The van der Waals surface area contributed by atoms with Gasteiger partial charge in [0.1, 0.15) is 5.69 Å². The molecule has 1 aromatic rings. The molecule has 112 valence electrons. The number of nitrogen functional groups attached to an aromatic ring is 1. The maximum absolute atomic E-state index is 11.7. The predicted molar refractivity (Wildman–Crippen MR) is 78.9 cm³/mol. The minimum atomic E-state index is -0.444. The van der Waals surface area contributed by atoms with E-state index in [1.807, 2.05) is 0 Å². The van der Waals surface area contributed by atoms with E-state index in [0.29, 0.717) is 24.7 Å². The molecule has 5 heteroatoms. The number of hydrogen-bond acceptors (Lipinski definition) is 5. The van der Waals surface area contributed by atoms with E-state index in [1.165, 1.54) is 25.5 Å².